The van der Waals surface area contributed by atoms with Crippen LogP contribution in [0.2, 0.25) is 0 Å². The monoisotopic (exact) mass is 483 g/mol. The molecule has 1 aliphatic carbocycles. The average Bonchev–Trinajstić information content (AvgIpc) is 3.47. The third-order valence-corrected chi connectivity index (χ3v) is 9.03. The Morgan fingerprint density at radius 2 is 2.03 bits per heavy atom. The first-order valence-electron chi connectivity index (χ1n) is 11.9. The number of amides is 1. The second-order valence-electron chi connectivity index (χ2n) is 10.5. The van der Waals surface area contributed by atoms with E-state index < -0.39 is 5.91 Å². The highest BCUT2D eigenvalue weighted by molar-refractivity contribution is 7.14. The van der Waals surface area contributed by atoms with Crippen LogP contribution in [0.4, 0.5) is 5.69 Å². The lowest BCUT2D eigenvalue weighted by molar-refractivity contribution is 0.0665. The molecule has 9 nitrogen and oxygen atoms in total. The third-order valence-electron chi connectivity index (χ3n) is 8.03. The number of hydrogen-bond donors (Lipinski definition) is 3. The summed E-state index contributed by atoms with van der Waals surface area (Å²) in [7, 11) is 0. The Kier molecular flexibility index (Phi) is 5.86. The van der Waals surface area contributed by atoms with Crippen molar-refractivity contribution in [2.24, 2.45) is 22.8 Å². The van der Waals surface area contributed by atoms with Gasteiger partial charge in [0.25, 0.3) is 5.91 Å². The zero-order valence-electron chi connectivity index (χ0n) is 20.0. The Labute approximate surface area is 203 Å². The van der Waals surface area contributed by atoms with Gasteiger partial charge in [0.1, 0.15) is 10.0 Å². The number of rotatable bonds is 6. The molecule has 1 amide bonds. The molecule has 1 aliphatic heterocycles. The third kappa shape index (κ3) is 4.08. The van der Waals surface area contributed by atoms with E-state index in [4.69, 9.17) is 16.2 Å². The van der Waals surface area contributed by atoms with Crippen molar-refractivity contribution in [3.05, 3.63) is 29.0 Å². The number of primary amides is 1. The second-order valence-corrected chi connectivity index (χ2v) is 11.6. The number of ether oxygens (including phenoxy) is 1. The molecule has 10 heteroatoms. The molecule has 3 aromatic rings. The fourth-order valence-corrected chi connectivity index (χ4v) is 6.05. The molecule has 5 N–H and O–H groups in total. The van der Waals surface area contributed by atoms with E-state index in [1.165, 1.54) is 6.20 Å². The summed E-state index contributed by atoms with van der Waals surface area (Å²) in [5.41, 5.74) is 14.6. The van der Waals surface area contributed by atoms with E-state index in [0.717, 1.165) is 66.4 Å². The standard InChI is InChI=1S/C24H33N7O2S/c1-23(2)18(4-7-24(23,3)26)28-20-16(21(25)32)12-27-31-13-15(11-17(20)31)22-30-29-19(34-22)10-14-5-8-33-9-6-14/h11-14,18,28H,4-10,26H2,1-3H3,(H2,25,32)/t18-,24+/m1/s1. The molecule has 2 atom stereocenters. The van der Waals surface area contributed by atoms with Gasteiger partial charge in [0.2, 0.25) is 0 Å². The van der Waals surface area contributed by atoms with Gasteiger partial charge in [-0.25, -0.2) is 4.52 Å². The maximum Gasteiger partial charge on any atom is 0.252 e. The Morgan fingerprint density at radius 3 is 2.71 bits per heavy atom. The van der Waals surface area contributed by atoms with Gasteiger partial charge in [-0.2, -0.15) is 5.10 Å². The minimum atomic E-state index is -0.513. The summed E-state index contributed by atoms with van der Waals surface area (Å²) in [4.78, 5) is 12.3. The Balaban J connectivity index is 1.47. The van der Waals surface area contributed by atoms with E-state index >= 15 is 0 Å². The number of hydrogen-bond acceptors (Lipinski definition) is 8. The van der Waals surface area contributed by atoms with Crippen molar-refractivity contribution >= 4 is 28.4 Å². The zero-order chi connectivity index (χ0) is 24.1. The summed E-state index contributed by atoms with van der Waals surface area (Å²) >= 11 is 1.61. The van der Waals surface area contributed by atoms with Gasteiger partial charge >= 0.3 is 0 Å². The molecule has 1 saturated heterocycles. The molecule has 0 bridgehead atoms. The number of fused-ring (bicyclic) bond motifs is 1. The molecule has 182 valence electrons. The van der Waals surface area contributed by atoms with Crippen molar-refractivity contribution in [3.63, 3.8) is 0 Å². The van der Waals surface area contributed by atoms with Crippen LogP contribution in [0.15, 0.2) is 18.5 Å². The molecule has 0 radical (unpaired) electrons. The number of nitrogens with one attached hydrogen (secondary N) is 1. The molecule has 34 heavy (non-hydrogen) atoms. The van der Waals surface area contributed by atoms with Crippen LogP contribution in [0, 0.1) is 11.3 Å². The van der Waals surface area contributed by atoms with Gasteiger partial charge in [-0.05, 0) is 44.6 Å². The molecule has 2 aliphatic rings. The van der Waals surface area contributed by atoms with Gasteiger partial charge < -0.3 is 21.5 Å². The van der Waals surface area contributed by atoms with Crippen molar-refractivity contribution in [2.45, 2.75) is 64.5 Å². The summed E-state index contributed by atoms with van der Waals surface area (Å²) < 4.78 is 7.24. The smallest absolute Gasteiger partial charge is 0.252 e. The summed E-state index contributed by atoms with van der Waals surface area (Å²) in [5.74, 6) is 0.0856. The second kappa shape index (κ2) is 8.58. The average molecular weight is 484 g/mol. The summed E-state index contributed by atoms with van der Waals surface area (Å²) in [6.45, 7) is 8.09. The van der Waals surface area contributed by atoms with Crippen LogP contribution in [0.25, 0.3) is 16.1 Å². The van der Waals surface area contributed by atoms with Gasteiger partial charge in [0, 0.05) is 48.4 Å². The molecular weight excluding hydrogens is 450 g/mol. The van der Waals surface area contributed by atoms with E-state index in [9.17, 15) is 4.79 Å². The number of carbonyl (C=O) groups is 1. The summed E-state index contributed by atoms with van der Waals surface area (Å²) in [6, 6.07) is 2.10. The number of aromatic nitrogens is 4. The largest absolute Gasteiger partial charge is 0.381 e. The first kappa shape index (κ1) is 23.2. The van der Waals surface area contributed by atoms with Gasteiger partial charge in [0.15, 0.2) is 0 Å². The quantitative estimate of drug-likeness (QED) is 0.490. The maximum absolute atomic E-state index is 12.3. The van der Waals surface area contributed by atoms with Crippen molar-refractivity contribution < 1.29 is 9.53 Å². The Hall–Kier alpha value is -2.56. The number of carbonyl (C=O) groups excluding carboxylic acids is 1. The molecule has 3 aromatic heterocycles. The van der Waals surface area contributed by atoms with Crippen LogP contribution < -0.4 is 16.8 Å². The van der Waals surface area contributed by atoms with Gasteiger partial charge in [-0.1, -0.05) is 25.2 Å². The minimum Gasteiger partial charge on any atom is -0.381 e. The SMILES string of the molecule is CC1(C)[C@H](Nc2c(C(N)=O)cnn3cc(-c4nnc(CC5CCOCC5)s4)cc23)CC[C@]1(C)N. The fraction of sp³-hybridized carbons (Fsp3) is 0.583. The predicted octanol–water partition coefficient (Wildman–Crippen LogP) is 3.24. The number of anilines is 1. The highest BCUT2D eigenvalue weighted by Gasteiger charge is 2.49. The highest BCUT2D eigenvalue weighted by atomic mass is 32.1. The predicted molar refractivity (Wildman–Crippen MR) is 133 cm³/mol. The molecule has 0 aromatic carbocycles. The molecular formula is C24H33N7O2S. The number of nitrogens with zero attached hydrogens (tertiary/aromatic N) is 4. The van der Waals surface area contributed by atoms with Crippen molar-refractivity contribution in [2.75, 3.05) is 18.5 Å². The van der Waals surface area contributed by atoms with Gasteiger partial charge in [0.05, 0.1) is 23.0 Å². The molecule has 1 saturated carbocycles. The van der Waals surface area contributed by atoms with Crippen LogP contribution in [-0.4, -0.2) is 50.5 Å². The van der Waals surface area contributed by atoms with Crippen LogP contribution in [0.1, 0.15) is 61.8 Å². The van der Waals surface area contributed by atoms with E-state index in [1.807, 2.05) is 12.3 Å². The van der Waals surface area contributed by atoms with Crippen molar-refractivity contribution in [1.82, 2.24) is 19.8 Å². The molecule has 0 unspecified atom stereocenters. The van der Waals surface area contributed by atoms with E-state index in [0.29, 0.717) is 17.2 Å². The van der Waals surface area contributed by atoms with Gasteiger partial charge in [-0.15, -0.1) is 10.2 Å². The van der Waals surface area contributed by atoms with Crippen LogP contribution in [0.3, 0.4) is 0 Å². The molecule has 4 heterocycles. The first-order valence-corrected chi connectivity index (χ1v) is 12.7. The molecule has 0 spiro atoms. The van der Waals surface area contributed by atoms with Crippen molar-refractivity contribution in [1.29, 1.82) is 0 Å². The van der Waals surface area contributed by atoms with Crippen LogP contribution in [-0.2, 0) is 11.2 Å². The lowest BCUT2D eigenvalue weighted by atomic mass is 9.75. The lowest BCUT2D eigenvalue weighted by Gasteiger charge is -2.39. The number of nitrogens with two attached hydrogens (primary N) is 2. The first-order chi connectivity index (χ1) is 16.2. The lowest BCUT2D eigenvalue weighted by Crippen LogP contribution is -2.51. The minimum absolute atomic E-state index is 0.0951. The van der Waals surface area contributed by atoms with Crippen molar-refractivity contribution in [3.8, 4) is 10.6 Å². The van der Waals surface area contributed by atoms with E-state index in [2.05, 4.69) is 41.4 Å². The Morgan fingerprint density at radius 1 is 1.26 bits per heavy atom. The highest BCUT2D eigenvalue weighted by Crippen LogP contribution is 2.46. The fourth-order valence-electron chi connectivity index (χ4n) is 5.11. The maximum atomic E-state index is 12.3. The molecule has 5 rings (SSSR count). The van der Waals surface area contributed by atoms with E-state index in [1.54, 1.807) is 15.9 Å². The van der Waals surface area contributed by atoms with Gasteiger partial charge in [-0.3, -0.25) is 4.79 Å². The zero-order valence-corrected chi connectivity index (χ0v) is 20.8. The summed E-state index contributed by atoms with van der Waals surface area (Å²) in [6.07, 6.45) is 8.33. The summed E-state index contributed by atoms with van der Waals surface area (Å²) in [5, 5.41) is 18.8. The Bertz CT molecular complexity index is 1210. The van der Waals surface area contributed by atoms with Crippen LogP contribution in [0.5, 0.6) is 0 Å². The van der Waals surface area contributed by atoms with Crippen LogP contribution >= 0.6 is 11.3 Å². The normalized spacial score (nSPS) is 25.1. The topological polar surface area (TPSA) is 133 Å². The van der Waals surface area contributed by atoms with E-state index in [-0.39, 0.29) is 17.0 Å². The molecule has 2 fully saturated rings.